The molecule has 2 aromatic carbocycles. The van der Waals surface area contributed by atoms with Gasteiger partial charge in [-0.15, -0.1) is 0 Å². The first-order chi connectivity index (χ1) is 18.1. The van der Waals surface area contributed by atoms with E-state index in [-0.39, 0.29) is 24.6 Å². The van der Waals surface area contributed by atoms with Gasteiger partial charge in [0.2, 0.25) is 5.91 Å². The SMILES string of the molecule is COCC(=O)Nc1ccc(N2C(=S)N[C@H](c3ccccn3)[C@@H]2c2cccn2-c2ccccc2OC)cc1. The molecule has 4 aromatic rings. The van der Waals surface area contributed by atoms with Crippen LogP contribution in [-0.2, 0) is 9.53 Å². The minimum atomic E-state index is -0.212. The molecule has 9 heteroatoms. The third-order valence-corrected chi connectivity index (χ3v) is 6.55. The first-order valence-electron chi connectivity index (χ1n) is 11.8. The van der Waals surface area contributed by atoms with Gasteiger partial charge in [-0.05, 0) is 72.9 Å². The number of methoxy groups -OCH3 is 2. The number of hydrogen-bond acceptors (Lipinski definition) is 5. The molecule has 0 bridgehead atoms. The zero-order valence-corrected chi connectivity index (χ0v) is 21.3. The second-order valence-corrected chi connectivity index (χ2v) is 8.89. The van der Waals surface area contributed by atoms with E-state index in [0.29, 0.717) is 10.8 Å². The molecule has 2 atom stereocenters. The number of aromatic nitrogens is 2. The van der Waals surface area contributed by atoms with Crippen molar-refractivity contribution in [2.45, 2.75) is 12.1 Å². The van der Waals surface area contributed by atoms with E-state index in [1.807, 2.05) is 79.0 Å². The second kappa shape index (κ2) is 10.8. The molecule has 5 rings (SSSR count). The van der Waals surface area contributed by atoms with Gasteiger partial charge in [0.25, 0.3) is 0 Å². The summed E-state index contributed by atoms with van der Waals surface area (Å²) in [4.78, 5) is 18.7. The van der Waals surface area contributed by atoms with E-state index in [0.717, 1.165) is 28.5 Å². The first kappa shape index (κ1) is 24.5. The summed E-state index contributed by atoms with van der Waals surface area (Å²) in [7, 11) is 3.16. The highest BCUT2D eigenvalue weighted by molar-refractivity contribution is 7.80. The highest BCUT2D eigenvalue weighted by atomic mass is 32.1. The molecule has 0 spiro atoms. The molecular formula is C28H27N5O3S. The van der Waals surface area contributed by atoms with Crippen molar-refractivity contribution < 1.29 is 14.3 Å². The zero-order valence-electron chi connectivity index (χ0n) is 20.5. The molecule has 1 aliphatic heterocycles. The van der Waals surface area contributed by atoms with Gasteiger partial charge in [-0.25, -0.2) is 0 Å². The Balaban J connectivity index is 1.58. The van der Waals surface area contributed by atoms with Crippen LogP contribution in [0.5, 0.6) is 5.75 Å². The number of rotatable bonds is 8. The van der Waals surface area contributed by atoms with Gasteiger partial charge >= 0.3 is 0 Å². The summed E-state index contributed by atoms with van der Waals surface area (Å²) in [5.41, 5.74) is 4.40. The second-order valence-electron chi connectivity index (χ2n) is 8.50. The number of benzene rings is 2. The van der Waals surface area contributed by atoms with Gasteiger partial charge in [0.15, 0.2) is 5.11 Å². The van der Waals surface area contributed by atoms with Gasteiger partial charge in [0, 0.05) is 36.6 Å². The summed E-state index contributed by atoms with van der Waals surface area (Å²) in [6, 6.07) is 25.1. The maximum Gasteiger partial charge on any atom is 0.250 e. The molecule has 1 fully saturated rings. The number of carbonyl (C=O) groups is 1. The number of amides is 1. The number of nitrogens with zero attached hydrogens (tertiary/aromatic N) is 3. The number of carbonyl (C=O) groups excluding carboxylic acids is 1. The number of para-hydroxylation sites is 2. The van der Waals surface area contributed by atoms with Crippen LogP contribution in [-0.4, -0.2) is 41.4 Å². The highest BCUT2D eigenvalue weighted by Crippen LogP contribution is 2.43. The topological polar surface area (TPSA) is 80.7 Å². The fraction of sp³-hybridized carbons (Fsp3) is 0.179. The van der Waals surface area contributed by atoms with Crippen molar-refractivity contribution >= 4 is 34.6 Å². The molecule has 8 nitrogen and oxygen atoms in total. The highest BCUT2D eigenvalue weighted by Gasteiger charge is 2.42. The van der Waals surface area contributed by atoms with E-state index in [4.69, 9.17) is 21.7 Å². The number of anilines is 2. The molecule has 0 radical (unpaired) electrons. The Morgan fingerprint density at radius 1 is 1.03 bits per heavy atom. The minimum Gasteiger partial charge on any atom is -0.495 e. The third-order valence-electron chi connectivity index (χ3n) is 6.23. The average molecular weight is 514 g/mol. The van der Waals surface area contributed by atoms with Crippen LogP contribution < -0.4 is 20.3 Å². The van der Waals surface area contributed by atoms with Gasteiger partial charge < -0.3 is 29.6 Å². The van der Waals surface area contributed by atoms with Crippen molar-refractivity contribution in [1.82, 2.24) is 14.9 Å². The smallest absolute Gasteiger partial charge is 0.250 e. The van der Waals surface area contributed by atoms with Crippen LogP contribution in [0.4, 0.5) is 11.4 Å². The molecule has 3 heterocycles. The molecule has 0 unspecified atom stereocenters. The fourth-order valence-electron chi connectivity index (χ4n) is 4.65. The van der Waals surface area contributed by atoms with Crippen molar-refractivity contribution in [3.8, 4) is 11.4 Å². The van der Waals surface area contributed by atoms with Gasteiger partial charge in [-0.2, -0.15) is 0 Å². The Labute approximate surface area is 220 Å². The Morgan fingerprint density at radius 2 is 1.81 bits per heavy atom. The molecule has 0 aliphatic carbocycles. The lowest BCUT2D eigenvalue weighted by molar-refractivity contribution is -0.119. The van der Waals surface area contributed by atoms with Gasteiger partial charge in [0.05, 0.1) is 24.5 Å². The van der Waals surface area contributed by atoms with Crippen molar-refractivity contribution in [2.75, 3.05) is 31.0 Å². The standard InChI is InChI=1S/C28H27N5O3S/c1-35-18-25(34)30-19-12-14-20(15-13-19)33-27(26(31-28(33)37)21-8-5-6-16-29-21)23-10-7-17-32(23)22-9-3-4-11-24(22)36-2/h3-17,26-27H,18H2,1-2H3,(H,30,34)(H,31,37)/t26-,27+/m1/s1. The van der Waals surface area contributed by atoms with E-state index >= 15 is 0 Å². The van der Waals surface area contributed by atoms with Crippen molar-refractivity contribution in [2.24, 2.45) is 0 Å². The molecule has 1 aliphatic rings. The quantitative estimate of drug-likeness (QED) is 0.332. The molecule has 1 amide bonds. The van der Waals surface area contributed by atoms with Crippen LogP contribution in [0.3, 0.4) is 0 Å². The fourth-order valence-corrected chi connectivity index (χ4v) is 5.00. The number of nitrogens with one attached hydrogen (secondary N) is 2. The molecular weight excluding hydrogens is 486 g/mol. The predicted octanol–water partition coefficient (Wildman–Crippen LogP) is 4.64. The molecule has 188 valence electrons. The van der Waals surface area contributed by atoms with Crippen molar-refractivity contribution in [1.29, 1.82) is 0 Å². The Bertz CT molecular complexity index is 1390. The Kier molecular flexibility index (Phi) is 7.16. The van der Waals surface area contributed by atoms with Gasteiger partial charge in [0.1, 0.15) is 18.4 Å². The average Bonchev–Trinajstić information content (AvgIpc) is 3.54. The molecule has 37 heavy (non-hydrogen) atoms. The lowest BCUT2D eigenvalue weighted by atomic mass is 10.0. The van der Waals surface area contributed by atoms with E-state index < -0.39 is 0 Å². The number of thiocarbonyl (C=S) groups is 1. The lowest BCUT2D eigenvalue weighted by Crippen LogP contribution is -2.30. The maximum absolute atomic E-state index is 11.9. The number of ether oxygens (including phenoxy) is 2. The summed E-state index contributed by atoms with van der Waals surface area (Å²) in [5.74, 6) is 0.557. The zero-order chi connectivity index (χ0) is 25.8. The van der Waals surface area contributed by atoms with Crippen LogP contribution in [0, 0.1) is 0 Å². The monoisotopic (exact) mass is 513 g/mol. The van der Waals surface area contributed by atoms with Crippen LogP contribution >= 0.6 is 12.2 Å². The van der Waals surface area contributed by atoms with E-state index in [2.05, 4.69) is 31.2 Å². The van der Waals surface area contributed by atoms with Crippen LogP contribution in [0.15, 0.2) is 91.3 Å². The summed E-state index contributed by atoms with van der Waals surface area (Å²) < 4.78 is 12.7. The largest absolute Gasteiger partial charge is 0.495 e. The Hall–Kier alpha value is -4.21. The van der Waals surface area contributed by atoms with Crippen LogP contribution in [0.1, 0.15) is 23.5 Å². The predicted molar refractivity (Wildman–Crippen MR) is 147 cm³/mol. The lowest BCUT2D eigenvalue weighted by Gasteiger charge is -2.29. The van der Waals surface area contributed by atoms with E-state index in [9.17, 15) is 4.79 Å². The molecule has 2 aromatic heterocycles. The summed E-state index contributed by atoms with van der Waals surface area (Å²) in [5, 5.41) is 6.91. The minimum absolute atomic E-state index is 0.00432. The third kappa shape index (κ3) is 4.91. The summed E-state index contributed by atoms with van der Waals surface area (Å²) in [6.45, 7) is -0.00432. The van der Waals surface area contributed by atoms with E-state index in [1.54, 1.807) is 13.3 Å². The molecule has 0 saturated carbocycles. The van der Waals surface area contributed by atoms with Gasteiger partial charge in [-0.3, -0.25) is 9.78 Å². The summed E-state index contributed by atoms with van der Waals surface area (Å²) in [6.07, 6.45) is 3.81. The van der Waals surface area contributed by atoms with E-state index in [1.165, 1.54) is 7.11 Å². The first-order valence-corrected chi connectivity index (χ1v) is 12.2. The van der Waals surface area contributed by atoms with Crippen LogP contribution in [0.25, 0.3) is 5.69 Å². The Morgan fingerprint density at radius 3 is 2.54 bits per heavy atom. The molecule has 2 N–H and O–H groups in total. The van der Waals surface area contributed by atoms with Crippen LogP contribution in [0.2, 0.25) is 0 Å². The maximum atomic E-state index is 11.9. The van der Waals surface area contributed by atoms with Gasteiger partial charge in [-0.1, -0.05) is 18.2 Å². The number of hydrogen-bond donors (Lipinski definition) is 2. The summed E-state index contributed by atoms with van der Waals surface area (Å²) >= 11 is 5.86. The molecule has 1 saturated heterocycles. The van der Waals surface area contributed by atoms with Crippen molar-refractivity contribution in [3.05, 3.63) is 103 Å². The normalized spacial score (nSPS) is 16.9. The van der Waals surface area contributed by atoms with Crippen molar-refractivity contribution in [3.63, 3.8) is 0 Å². The number of pyridine rings is 1.